The number of hydrogen-bond donors (Lipinski definition) is 2. The van der Waals surface area contributed by atoms with Crippen LogP contribution in [0, 0.1) is 0 Å². The summed E-state index contributed by atoms with van der Waals surface area (Å²) in [6, 6.07) is 0. The van der Waals surface area contributed by atoms with Crippen LogP contribution >= 0.6 is 12.6 Å². The Hall–Kier alpha value is 0.620. The van der Waals surface area contributed by atoms with Crippen molar-refractivity contribution in [2.24, 2.45) is 0 Å². The second kappa shape index (κ2) is 2.96. The minimum Gasteiger partial charge on any atom is -0.385 e. The van der Waals surface area contributed by atoms with Gasteiger partial charge in [0.2, 0.25) is 0 Å². The van der Waals surface area contributed by atoms with Crippen molar-refractivity contribution in [2.45, 2.75) is 12.2 Å². The Bertz CT molecular complexity index is 78.4. The van der Waals surface area contributed by atoms with Crippen LogP contribution in [-0.2, 0) is 16.2 Å². The number of aliphatic hydroxyl groups excluding tert-OH is 1. The third-order valence-corrected chi connectivity index (χ3v) is 2.38. The van der Waals surface area contributed by atoms with Crippen LogP contribution in [-0.4, -0.2) is 28.8 Å². The zero-order valence-electron chi connectivity index (χ0n) is 4.32. The minimum atomic E-state index is -0.283. The molecule has 1 N–H and O–H groups in total. The normalized spacial score (nSPS) is 38.2. The predicted octanol–water partition coefficient (Wildman–Crippen LogP) is -0.594. The van der Waals surface area contributed by atoms with Crippen molar-refractivity contribution in [3.8, 4) is 0 Å². The Morgan fingerprint density at radius 1 is 1.88 bits per heavy atom. The van der Waals surface area contributed by atoms with Crippen LogP contribution in [0.4, 0.5) is 0 Å². The number of hydrogen-bond acceptors (Lipinski definition) is 3. The molecule has 0 amide bonds. The van der Waals surface area contributed by atoms with Gasteiger partial charge in [-0.15, -0.1) is 0 Å². The Morgan fingerprint density at radius 3 is 2.88 bits per heavy atom. The summed E-state index contributed by atoms with van der Waals surface area (Å²) in [7, 11) is 0. The van der Waals surface area contributed by atoms with E-state index < -0.39 is 0 Å². The zero-order valence-corrected chi connectivity index (χ0v) is 6.11. The second-order valence-corrected chi connectivity index (χ2v) is 2.90. The Morgan fingerprint density at radius 2 is 2.62 bits per heavy atom. The first kappa shape index (κ1) is 6.74. The molecule has 2 nitrogen and oxygen atoms in total. The highest BCUT2D eigenvalue weighted by Crippen LogP contribution is 2.10. The van der Waals surface area contributed by atoms with Gasteiger partial charge in [0, 0.05) is 5.75 Å². The fourth-order valence-electron chi connectivity index (χ4n) is 0.558. The SMILES string of the molecule is O[C@H]1C[SH+]O[C@@H]1CS. The van der Waals surface area contributed by atoms with Gasteiger partial charge in [-0.25, -0.2) is 0 Å². The van der Waals surface area contributed by atoms with Gasteiger partial charge < -0.3 is 5.11 Å². The summed E-state index contributed by atoms with van der Waals surface area (Å²) in [6.07, 6.45) is -0.311. The maximum Gasteiger partial charge on any atom is 0.167 e. The monoisotopic (exact) mass is 153 g/mol. The van der Waals surface area contributed by atoms with Crippen LogP contribution in [0.25, 0.3) is 0 Å². The molecular formula is C4H9O2S2+. The summed E-state index contributed by atoms with van der Waals surface area (Å²) in [6.45, 7) is 0. The number of rotatable bonds is 1. The van der Waals surface area contributed by atoms with Gasteiger partial charge in [-0.2, -0.15) is 16.8 Å². The van der Waals surface area contributed by atoms with Crippen LogP contribution in [0.1, 0.15) is 0 Å². The highest BCUT2D eigenvalue weighted by Gasteiger charge is 2.32. The first-order chi connectivity index (χ1) is 3.84. The van der Waals surface area contributed by atoms with E-state index in [4.69, 9.17) is 9.29 Å². The largest absolute Gasteiger partial charge is 0.385 e. The summed E-state index contributed by atoms with van der Waals surface area (Å²) in [5, 5.41) is 9.01. The lowest BCUT2D eigenvalue weighted by molar-refractivity contribution is 0.103. The van der Waals surface area contributed by atoms with Gasteiger partial charge in [-0.1, -0.05) is 0 Å². The summed E-state index contributed by atoms with van der Waals surface area (Å²) in [4.78, 5) is 0. The standard InChI is InChI=1S/C4H8O2S2/c5-3-2-8-6-4(3)1-7/h3-5,7H,1-2H2/p+1/t3-,4+/m0/s1. The summed E-state index contributed by atoms with van der Waals surface area (Å²) >= 11 is 4.88. The van der Waals surface area contributed by atoms with E-state index in [0.29, 0.717) is 5.75 Å². The number of aliphatic hydroxyl groups is 1. The van der Waals surface area contributed by atoms with E-state index in [0.717, 1.165) is 17.8 Å². The predicted molar refractivity (Wildman–Crippen MR) is 38.4 cm³/mol. The van der Waals surface area contributed by atoms with Crippen molar-refractivity contribution in [1.82, 2.24) is 0 Å². The van der Waals surface area contributed by atoms with E-state index in [1.54, 1.807) is 0 Å². The van der Waals surface area contributed by atoms with E-state index in [-0.39, 0.29) is 12.2 Å². The van der Waals surface area contributed by atoms with E-state index in [1.807, 2.05) is 0 Å². The van der Waals surface area contributed by atoms with Crippen LogP contribution in [0.2, 0.25) is 0 Å². The third kappa shape index (κ3) is 1.31. The maximum absolute atomic E-state index is 9.01. The average Bonchev–Trinajstić information content (AvgIpc) is 2.14. The quantitative estimate of drug-likeness (QED) is 0.389. The molecule has 1 saturated heterocycles. The number of thiol groups is 2. The Kier molecular flexibility index (Phi) is 2.49. The molecule has 1 rings (SSSR count). The maximum atomic E-state index is 9.01. The van der Waals surface area contributed by atoms with Crippen molar-refractivity contribution in [3.05, 3.63) is 0 Å². The van der Waals surface area contributed by atoms with Gasteiger partial charge in [0.25, 0.3) is 0 Å². The zero-order chi connectivity index (χ0) is 5.98. The highest BCUT2D eigenvalue weighted by atomic mass is 32.2. The first-order valence-corrected chi connectivity index (χ1v) is 4.09. The van der Waals surface area contributed by atoms with Crippen LogP contribution in [0.15, 0.2) is 0 Å². The molecule has 0 saturated carbocycles. The van der Waals surface area contributed by atoms with Gasteiger partial charge in [-0.3, -0.25) is 0 Å². The molecule has 2 atom stereocenters. The topological polar surface area (TPSA) is 29.5 Å². The lowest BCUT2D eigenvalue weighted by Crippen LogP contribution is -2.23. The first-order valence-electron chi connectivity index (χ1n) is 2.46. The van der Waals surface area contributed by atoms with Gasteiger partial charge >= 0.3 is 0 Å². The summed E-state index contributed by atoms with van der Waals surface area (Å²) in [5.74, 6) is 1.36. The average molecular weight is 153 g/mol. The van der Waals surface area contributed by atoms with E-state index in [1.165, 1.54) is 0 Å². The van der Waals surface area contributed by atoms with Gasteiger partial charge in [0.15, 0.2) is 11.9 Å². The molecule has 0 spiro atoms. The van der Waals surface area contributed by atoms with Crippen molar-refractivity contribution in [3.63, 3.8) is 0 Å². The van der Waals surface area contributed by atoms with Gasteiger partial charge in [0.05, 0.1) is 0 Å². The molecule has 8 heavy (non-hydrogen) atoms. The second-order valence-electron chi connectivity index (χ2n) is 1.71. The Labute approximate surface area is 58.2 Å². The summed E-state index contributed by atoms with van der Waals surface area (Å²) in [5.41, 5.74) is 0. The smallest absolute Gasteiger partial charge is 0.167 e. The highest BCUT2D eigenvalue weighted by molar-refractivity contribution is 7.80. The van der Waals surface area contributed by atoms with Gasteiger partial charge in [-0.05, 0) is 0 Å². The molecule has 0 unspecified atom stereocenters. The van der Waals surface area contributed by atoms with Crippen molar-refractivity contribution in [1.29, 1.82) is 0 Å². The molecule has 0 bridgehead atoms. The van der Waals surface area contributed by atoms with Gasteiger partial charge in [0.1, 0.15) is 18.1 Å². The molecule has 0 aliphatic carbocycles. The molecule has 1 fully saturated rings. The molecular weight excluding hydrogens is 144 g/mol. The van der Waals surface area contributed by atoms with E-state index in [9.17, 15) is 0 Å². The van der Waals surface area contributed by atoms with Crippen LogP contribution < -0.4 is 0 Å². The molecule has 48 valence electrons. The molecule has 1 heterocycles. The lowest BCUT2D eigenvalue weighted by Gasteiger charge is -2.01. The van der Waals surface area contributed by atoms with Crippen molar-refractivity contribution in [2.75, 3.05) is 11.5 Å². The molecule has 1 aliphatic rings. The van der Waals surface area contributed by atoms with Crippen molar-refractivity contribution >= 4 is 24.7 Å². The minimum absolute atomic E-state index is 0.0278. The van der Waals surface area contributed by atoms with Crippen LogP contribution in [0.3, 0.4) is 0 Å². The van der Waals surface area contributed by atoms with Crippen LogP contribution in [0.5, 0.6) is 0 Å². The lowest BCUT2D eigenvalue weighted by atomic mass is 10.3. The van der Waals surface area contributed by atoms with E-state index in [2.05, 4.69) is 12.6 Å². The van der Waals surface area contributed by atoms with E-state index >= 15 is 0 Å². The molecule has 0 aromatic rings. The molecule has 1 aliphatic heterocycles. The molecule has 0 aromatic carbocycles. The molecule has 4 heteroatoms. The fourth-order valence-corrected chi connectivity index (χ4v) is 1.87. The Balaban J connectivity index is 2.30. The molecule has 0 aromatic heterocycles. The summed E-state index contributed by atoms with van der Waals surface area (Å²) < 4.78 is 5.06. The van der Waals surface area contributed by atoms with Crippen molar-refractivity contribution < 1.29 is 9.29 Å². The fraction of sp³-hybridized carbons (Fsp3) is 1.00. The third-order valence-electron chi connectivity index (χ3n) is 1.08. The molecule has 0 radical (unpaired) electrons.